The van der Waals surface area contributed by atoms with Gasteiger partial charge in [-0.05, 0) is 43.2 Å². The number of nitrogens with zero attached hydrogens (tertiary/aromatic N) is 3. The topological polar surface area (TPSA) is 67.3 Å². The van der Waals surface area contributed by atoms with E-state index in [-0.39, 0.29) is 11.9 Å². The lowest BCUT2D eigenvalue weighted by molar-refractivity contribution is -0.120. The third kappa shape index (κ3) is 3.06. The molecule has 4 rings (SSSR count). The van der Waals surface area contributed by atoms with E-state index in [1.807, 2.05) is 36.4 Å². The molecule has 1 saturated heterocycles. The first-order chi connectivity index (χ1) is 12.8. The van der Waals surface area contributed by atoms with Crippen molar-refractivity contribution in [3.63, 3.8) is 0 Å². The number of carbonyl (C=O) groups excluding carboxylic acids is 1. The number of piperidine rings is 1. The van der Waals surface area contributed by atoms with Gasteiger partial charge in [0.05, 0.1) is 24.5 Å². The Bertz CT molecular complexity index is 930. The van der Waals surface area contributed by atoms with Crippen LogP contribution in [0.2, 0.25) is 0 Å². The highest BCUT2D eigenvalue weighted by Crippen LogP contribution is 2.28. The second-order valence-electron chi connectivity index (χ2n) is 6.28. The minimum Gasteiger partial charge on any atom is -0.497 e. The molecule has 2 aromatic heterocycles. The van der Waals surface area contributed by atoms with Gasteiger partial charge in [0.15, 0.2) is 0 Å². The van der Waals surface area contributed by atoms with Crippen LogP contribution in [0.1, 0.15) is 12.8 Å². The first-order valence-corrected chi connectivity index (χ1v) is 8.67. The van der Waals surface area contributed by atoms with Crippen molar-refractivity contribution in [3.8, 4) is 5.75 Å². The van der Waals surface area contributed by atoms with Gasteiger partial charge in [0, 0.05) is 36.1 Å². The van der Waals surface area contributed by atoms with E-state index in [1.54, 1.807) is 30.6 Å². The molecule has 132 valence electrons. The lowest BCUT2D eigenvalue weighted by atomic mass is 10.0. The number of ether oxygens (including phenoxy) is 1. The zero-order chi connectivity index (χ0) is 17.9. The summed E-state index contributed by atoms with van der Waals surface area (Å²) in [7, 11) is 1.64. The zero-order valence-corrected chi connectivity index (χ0v) is 14.6. The number of pyridine rings is 2. The zero-order valence-electron chi connectivity index (χ0n) is 14.6. The maximum absolute atomic E-state index is 13.0. The fourth-order valence-electron chi connectivity index (χ4n) is 3.35. The first-order valence-electron chi connectivity index (χ1n) is 8.67. The molecule has 6 nitrogen and oxygen atoms in total. The number of fused-ring (bicyclic) bond motifs is 1. The van der Waals surface area contributed by atoms with Crippen molar-refractivity contribution in [3.05, 3.63) is 55.0 Å². The number of benzene rings is 1. The van der Waals surface area contributed by atoms with Crippen molar-refractivity contribution in [2.24, 2.45) is 0 Å². The van der Waals surface area contributed by atoms with Crippen LogP contribution in [0.3, 0.4) is 0 Å². The van der Waals surface area contributed by atoms with E-state index in [2.05, 4.69) is 15.3 Å². The number of hydrogen-bond acceptors (Lipinski definition) is 5. The first kappa shape index (κ1) is 16.3. The van der Waals surface area contributed by atoms with Crippen LogP contribution in [-0.4, -0.2) is 35.6 Å². The van der Waals surface area contributed by atoms with Crippen LogP contribution < -0.4 is 15.0 Å². The molecule has 1 aliphatic heterocycles. The molecule has 1 aliphatic rings. The van der Waals surface area contributed by atoms with Gasteiger partial charge < -0.3 is 15.0 Å². The van der Waals surface area contributed by atoms with Crippen molar-refractivity contribution in [1.29, 1.82) is 0 Å². The summed E-state index contributed by atoms with van der Waals surface area (Å²) in [4.78, 5) is 23.3. The maximum atomic E-state index is 13.0. The Kier molecular flexibility index (Phi) is 4.39. The number of nitrogens with one attached hydrogen (secondary N) is 1. The SMILES string of the molecule is COc1ccc2c(NC3CCCN(c4cccnc4)C3=O)ccnc2c1. The third-order valence-corrected chi connectivity index (χ3v) is 4.68. The predicted octanol–water partition coefficient (Wildman–Crippen LogP) is 3.25. The van der Waals surface area contributed by atoms with Crippen LogP contribution in [0, 0.1) is 0 Å². The molecule has 0 radical (unpaired) electrons. The van der Waals surface area contributed by atoms with Gasteiger partial charge in [-0.25, -0.2) is 0 Å². The molecule has 0 spiro atoms. The Balaban J connectivity index is 1.61. The number of carbonyl (C=O) groups is 1. The van der Waals surface area contributed by atoms with Crippen LogP contribution in [0.5, 0.6) is 5.75 Å². The van der Waals surface area contributed by atoms with Gasteiger partial charge in [-0.1, -0.05) is 0 Å². The summed E-state index contributed by atoms with van der Waals surface area (Å²) in [5.74, 6) is 0.835. The molecular formula is C20H20N4O2. The third-order valence-electron chi connectivity index (χ3n) is 4.68. The highest BCUT2D eigenvalue weighted by atomic mass is 16.5. The average molecular weight is 348 g/mol. The molecule has 3 heterocycles. The lowest BCUT2D eigenvalue weighted by Crippen LogP contribution is -2.47. The molecule has 1 atom stereocenters. The summed E-state index contributed by atoms with van der Waals surface area (Å²) < 4.78 is 5.27. The minimum atomic E-state index is -0.267. The summed E-state index contributed by atoms with van der Waals surface area (Å²) >= 11 is 0. The van der Waals surface area contributed by atoms with E-state index in [0.717, 1.165) is 47.4 Å². The molecule has 6 heteroatoms. The minimum absolute atomic E-state index is 0.0720. The molecule has 0 aliphatic carbocycles. The smallest absolute Gasteiger partial charge is 0.249 e. The Hall–Kier alpha value is -3.15. The highest BCUT2D eigenvalue weighted by Gasteiger charge is 2.30. The van der Waals surface area contributed by atoms with Crippen LogP contribution in [-0.2, 0) is 4.79 Å². The highest BCUT2D eigenvalue weighted by molar-refractivity contribution is 6.01. The average Bonchev–Trinajstić information content (AvgIpc) is 2.70. The Morgan fingerprint density at radius 1 is 1.23 bits per heavy atom. The fraction of sp³-hybridized carbons (Fsp3) is 0.250. The number of hydrogen-bond donors (Lipinski definition) is 1. The van der Waals surface area contributed by atoms with E-state index >= 15 is 0 Å². The van der Waals surface area contributed by atoms with Crippen molar-refractivity contribution in [1.82, 2.24) is 9.97 Å². The van der Waals surface area contributed by atoms with Crippen molar-refractivity contribution < 1.29 is 9.53 Å². The summed E-state index contributed by atoms with van der Waals surface area (Å²) in [5, 5.41) is 4.39. The van der Waals surface area contributed by atoms with Crippen LogP contribution in [0.4, 0.5) is 11.4 Å². The summed E-state index contributed by atoms with van der Waals surface area (Å²) in [5.41, 5.74) is 2.58. The second-order valence-corrected chi connectivity index (χ2v) is 6.28. The van der Waals surface area contributed by atoms with E-state index < -0.39 is 0 Å². The van der Waals surface area contributed by atoms with E-state index in [1.165, 1.54) is 0 Å². The number of amides is 1. The lowest BCUT2D eigenvalue weighted by Gasteiger charge is -2.33. The predicted molar refractivity (Wildman–Crippen MR) is 102 cm³/mol. The van der Waals surface area contributed by atoms with Gasteiger partial charge in [-0.3, -0.25) is 14.8 Å². The number of rotatable bonds is 4. The van der Waals surface area contributed by atoms with Crippen molar-refractivity contribution in [2.45, 2.75) is 18.9 Å². The number of anilines is 2. The molecule has 26 heavy (non-hydrogen) atoms. The monoisotopic (exact) mass is 348 g/mol. The quantitative estimate of drug-likeness (QED) is 0.784. The van der Waals surface area contributed by atoms with Gasteiger partial charge in [0.25, 0.3) is 0 Å². The molecule has 1 fully saturated rings. The Labute approximate surface area is 151 Å². The Morgan fingerprint density at radius 3 is 2.96 bits per heavy atom. The summed E-state index contributed by atoms with van der Waals surface area (Å²) in [6.07, 6.45) is 6.93. The van der Waals surface area contributed by atoms with Crippen molar-refractivity contribution >= 4 is 28.2 Å². The summed E-state index contributed by atoms with van der Waals surface area (Å²) in [6.45, 7) is 0.719. The van der Waals surface area contributed by atoms with Gasteiger partial charge in [0.1, 0.15) is 11.8 Å². The van der Waals surface area contributed by atoms with Gasteiger partial charge >= 0.3 is 0 Å². The van der Waals surface area contributed by atoms with Crippen LogP contribution in [0.15, 0.2) is 55.0 Å². The standard InChI is InChI=1S/C20H20N4O2/c1-26-15-6-7-16-17(8-10-22-19(16)12-15)23-18-5-3-11-24(20(18)25)14-4-2-9-21-13-14/h2,4,6-10,12-13,18H,3,5,11H2,1H3,(H,22,23). The number of methoxy groups -OCH3 is 1. The molecule has 1 aromatic carbocycles. The van der Waals surface area contributed by atoms with Crippen LogP contribution >= 0.6 is 0 Å². The fourth-order valence-corrected chi connectivity index (χ4v) is 3.35. The molecule has 1 amide bonds. The normalized spacial score (nSPS) is 17.3. The number of aromatic nitrogens is 2. The molecule has 0 bridgehead atoms. The van der Waals surface area contributed by atoms with E-state index in [4.69, 9.17) is 4.74 Å². The Morgan fingerprint density at radius 2 is 2.15 bits per heavy atom. The van der Waals surface area contributed by atoms with Gasteiger partial charge in [-0.15, -0.1) is 0 Å². The molecule has 1 N–H and O–H groups in total. The van der Waals surface area contributed by atoms with E-state index in [9.17, 15) is 4.79 Å². The van der Waals surface area contributed by atoms with E-state index in [0.29, 0.717) is 0 Å². The molecule has 1 unspecified atom stereocenters. The summed E-state index contributed by atoms with van der Waals surface area (Å²) in [6, 6.07) is 11.2. The molecular weight excluding hydrogens is 328 g/mol. The van der Waals surface area contributed by atoms with Crippen molar-refractivity contribution in [2.75, 3.05) is 23.9 Å². The largest absolute Gasteiger partial charge is 0.497 e. The molecule has 0 saturated carbocycles. The van der Waals surface area contributed by atoms with Crippen LogP contribution in [0.25, 0.3) is 10.9 Å². The second kappa shape index (κ2) is 7.00. The van der Waals surface area contributed by atoms with Gasteiger partial charge in [-0.2, -0.15) is 0 Å². The molecule has 3 aromatic rings. The maximum Gasteiger partial charge on any atom is 0.249 e. The van der Waals surface area contributed by atoms with Gasteiger partial charge in [0.2, 0.25) is 5.91 Å².